The van der Waals surface area contributed by atoms with Crippen LogP contribution in [-0.2, 0) is 30.3 Å². The van der Waals surface area contributed by atoms with Crippen molar-refractivity contribution < 1.29 is 29.0 Å². The maximum Gasteiger partial charge on any atom is 0.323 e. The standard InChI is InChI=1S/C35H36IN3O6/c1-38(21-32(40)41)35(44)31(19-23-14-16-24(36)17-15-23)39-18-8-2-3-13-30(34(39)43)37-20-33(42)45-22-29-27-11-6-4-9-25(27)26-10-5-7-12-28(26)29/h2-7,9-12,14-17,29-31,37H,8,13,18-22H2,1H3,(H,40,41)/b3-2-/t30-,31-/m0/s1. The van der Waals surface area contributed by atoms with Crippen LogP contribution in [-0.4, -0.2) is 84.0 Å². The number of fused-ring (bicyclic) bond motifs is 3. The maximum atomic E-state index is 14.0. The zero-order chi connectivity index (χ0) is 31.9. The minimum absolute atomic E-state index is 0.0707. The predicted octanol–water partition coefficient (Wildman–Crippen LogP) is 4.24. The highest BCUT2D eigenvalue weighted by atomic mass is 127. The number of carboxylic acids is 1. The lowest BCUT2D eigenvalue weighted by molar-refractivity contribution is -0.150. The molecule has 0 bridgehead atoms. The van der Waals surface area contributed by atoms with E-state index in [1.54, 1.807) is 0 Å². The quantitative estimate of drug-likeness (QED) is 0.173. The van der Waals surface area contributed by atoms with Crippen molar-refractivity contribution in [2.45, 2.75) is 37.3 Å². The molecule has 3 aromatic rings. The van der Waals surface area contributed by atoms with Gasteiger partial charge in [-0.15, -0.1) is 0 Å². The smallest absolute Gasteiger partial charge is 0.323 e. The number of aliphatic carboxylic acids is 1. The SMILES string of the molecule is CN(CC(=O)O)C(=O)[C@H](Cc1ccc(I)cc1)N1CC/C=C\C[C@H](NCC(=O)OCC2c3ccccc3-c3ccccc32)C1=O. The Morgan fingerprint density at radius 2 is 1.64 bits per heavy atom. The lowest BCUT2D eigenvalue weighted by Crippen LogP contribution is -2.57. The minimum atomic E-state index is -1.14. The van der Waals surface area contributed by atoms with Gasteiger partial charge >= 0.3 is 11.9 Å². The molecule has 3 aromatic carbocycles. The monoisotopic (exact) mass is 721 g/mol. The van der Waals surface area contributed by atoms with Gasteiger partial charge in [0.25, 0.3) is 0 Å². The summed E-state index contributed by atoms with van der Waals surface area (Å²) in [5.41, 5.74) is 5.37. The number of esters is 1. The third-order valence-electron chi connectivity index (χ3n) is 8.27. The zero-order valence-corrected chi connectivity index (χ0v) is 27.2. The van der Waals surface area contributed by atoms with Gasteiger partial charge in [-0.3, -0.25) is 24.5 Å². The number of carboxylic acid groups (broad SMARTS) is 1. The highest BCUT2D eigenvalue weighted by molar-refractivity contribution is 14.1. The molecule has 234 valence electrons. The van der Waals surface area contributed by atoms with E-state index in [1.807, 2.05) is 60.7 Å². The van der Waals surface area contributed by atoms with Gasteiger partial charge in [-0.05, 0) is 75.4 Å². The first-order valence-corrected chi connectivity index (χ1v) is 16.0. The Hall–Kier alpha value is -4.03. The van der Waals surface area contributed by atoms with Crippen LogP contribution in [0, 0.1) is 3.57 Å². The number of carbonyl (C=O) groups excluding carboxylic acids is 3. The molecule has 0 radical (unpaired) electrons. The van der Waals surface area contributed by atoms with Gasteiger partial charge in [0.2, 0.25) is 11.8 Å². The van der Waals surface area contributed by atoms with Crippen molar-refractivity contribution in [2.24, 2.45) is 0 Å². The number of amides is 2. The summed E-state index contributed by atoms with van der Waals surface area (Å²) in [4.78, 5) is 54.6. The van der Waals surface area contributed by atoms with Crippen LogP contribution < -0.4 is 5.32 Å². The van der Waals surface area contributed by atoms with Crippen molar-refractivity contribution in [1.82, 2.24) is 15.1 Å². The van der Waals surface area contributed by atoms with E-state index in [9.17, 15) is 24.3 Å². The molecule has 0 saturated heterocycles. The van der Waals surface area contributed by atoms with Crippen LogP contribution in [0.25, 0.3) is 11.1 Å². The lowest BCUT2D eigenvalue weighted by atomic mass is 9.98. The van der Waals surface area contributed by atoms with E-state index in [-0.39, 0.29) is 37.9 Å². The third-order valence-corrected chi connectivity index (χ3v) is 8.99. The van der Waals surface area contributed by atoms with E-state index < -0.39 is 36.5 Å². The maximum absolute atomic E-state index is 14.0. The Bertz CT molecular complexity index is 1540. The van der Waals surface area contributed by atoms with E-state index in [4.69, 9.17) is 4.74 Å². The Balaban J connectivity index is 1.27. The molecule has 2 aliphatic rings. The molecule has 2 amide bonds. The molecular weight excluding hydrogens is 685 g/mol. The average Bonchev–Trinajstić information content (AvgIpc) is 3.35. The zero-order valence-electron chi connectivity index (χ0n) is 25.0. The van der Waals surface area contributed by atoms with Gasteiger partial charge in [-0.1, -0.05) is 72.8 Å². The topological polar surface area (TPSA) is 116 Å². The van der Waals surface area contributed by atoms with Crippen LogP contribution in [0.4, 0.5) is 0 Å². The van der Waals surface area contributed by atoms with E-state index in [0.717, 1.165) is 36.3 Å². The van der Waals surface area contributed by atoms with Crippen LogP contribution in [0.1, 0.15) is 35.4 Å². The van der Waals surface area contributed by atoms with Gasteiger partial charge in [0.15, 0.2) is 0 Å². The predicted molar refractivity (Wildman–Crippen MR) is 178 cm³/mol. The van der Waals surface area contributed by atoms with Crippen LogP contribution >= 0.6 is 22.6 Å². The summed E-state index contributed by atoms with van der Waals surface area (Å²) in [6, 6.07) is 22.2. The van der Waals surface area contributed by atoms with E-state index in [2.05, 4.69) is 52.2 Å². The fraction of sp³-hybridized carbons (Fsp3) is 0.314. The second-order valence-corrected chi connectivity index (χ2v) is 12.6. The number of likely N-dealkylation sites (N-methyl/N-ethyl adjacent to an activating group) is 1. The van der Waals surface area contributed by atoms with Crippen molar-refractivity contribution in [1.29, 1.82) is 0 Å². The summed E-state index contributed by atoms with van der Waals surface area (Å²) in [6.07, 6.45) is 4.96. The Morgan fingerprint density at radius 3 is 2.29 bits per heavy atom. The molecule has 5 rings (SSSR count). The molecular formula is C35H36IN3O6. The van der Waals surface area contributed by atoms with Crippen LogP contribution in [0.15, 0.2) is 84.9 Å². The molecule has 9 nitrogen and oxygen atoms in total. The fourth-order valence-electron chi connectivity index (χ4n) is 6.04. The van der Waals surface area contributed by atoms with E-state index >= 15 is 0 Å². The summed E-state index contributed by atoms with van der Waals surface area (Å²) in [6.45, 7) is -0.196. The molecule has 0 aromatic heterocycles. The van der Waals surface area contributed by atoms with Gasteiger partial charge < -0.3 is 19.6 Å². The number of halogens is 1. The first-order chi connectivity index (χ1) is 21.7. The van der Waals surface area contributed by atoms with Crippen molar-refractivity contribution in [3.8, 4) is 11.1 Å². The molecule has 10 heteroatoms. The number of nitrogens with zero attached hydrogens (tertiary/aromatic N) is 2. The third kappa shape index (κ3) is 7.80. The molecule has 0 saturated carbocycles. The van der Waals surface area contributed by atoms with Gasteiger partial charge in [0.05, 0.1) is 12.6 Å². The molecule has 1 aliphatic heterocycles. The summed E-state index contributed by atoms with van der Waals surface area (Å²) in [5.74, 6) is -2.46. The first-order valence-electron chi connectivity index (χ1n) is 15.0. The molecule has 2 atom stereocenters. The van der Waals surface area contributed by atoms with Crippen LogP contribution in [0.2, 0.25) is 0 Å². The molecule has 1 heterocycles. The number of benzene rings is 3. The number of rotatable bonds is 11. The van der Waals surface area contributed by atoms with E-state index in [0.29, 0.717) is 12.8 Å². The Labute approximate surface area is 276 Å². The van der Waals surface area contributed by atoms with Gasteiger partial charge in [-0.2, -0.15) is 0 Å². The van der Waals surface area contributed by atoms with Crippen molar-refractivity contribution in [3.05, 3.63) is 105 Å². The van der Waals surface area contributed by atoms with Crippen molar-refractivity contribution in [2.75, 3.05) is 33.3 Å². The largest absolute Gasteiger partial charge is 0.480 e. The second-order valence-electron chi connectivity index (χ2n) is 11.3. The van der Waals surface area contributed by atoms with Gasteiger partial charge in [0.1, 0.15) is 19.2 Å². The molecule has 2 N–H and O–H groups in total. The van der Waals surface area contributed by atoms with Gasteiger partial charge in [0, 0.05) is 29.5 Å². The fourth-order valence-corrected chi connectivity index (χ4v) is 6.40. The van der Waals surface area contributed by atoms with Crippen molar-refractivity contribution >= 4 is 46.3 Å². The molecule has 45 heavy (non-hydrogen) atoms. The first kappa shape index (κ1) is 32.4. The second kappa shape index (κ2) is 14.8. The van der Waals surface area contributed by atoms with Crippen LogP contribution in [0.5, 0.6) is 0 Å². The minimum Gasteiger partial charge on any atom is -0.480 e. The number of nitrogens with one attached hydrogen (secondary N) is 1. The lowest BCUT2D eigenvalue weighted by Gasteiger charge is -2.36. The highest BCUT2D eigenvalue weighted by Gasteiger charge is 2.36. The van der Waals surface area contributed by atoms with Gasteiger partial charge in [-0.25, -0.2) is 0 Å². The van der Waals surface area contributed by atoms with Crippen LogP contribution in [0.3, 0.4) is 0 Å². The normalized spacial score (nSPS) is 17.4. The summed E-state index contributed by atoms with van der Waals surface area (Å²) >= 11 is 2.20. The number of carbonyl (C=O) groups is 4. The summed E-state index contributed by atoms with van der Waals surface area (Å²) < 4.78 is 6.76. The molecule has 0 fully saturated rings. The number of hydrogen-bond donors (Lipinski definition) is 2. The Kier molecular flexibility index (Phi) is 10.7. The average molecular weight is 722 g/mol. The van der Waals surface area contributed by atoms with E-state index in [1.165, 1.54) is 11.9 Å². The van der Waals surface area contributed by atoms with Crippen molar-refractivity contribution in [3.63, 3.8) is 0 Å². The number of hydrogen-bond acceptors (Lipinski definition) is 6. The summed E-state index contributed by atoms with van der Waals surface area (Å²) in [5, 5.41) is 12.4. The number of ether oxygens (including phenoxy) is 1. The summed E-state index contributed by atoms with van der Waals surface area (Å²) in [7, 11) is 1.43. The highest BCUT2D eigenvalue weighted by Crippen LogP contribution is 2.44. The molecule has 0 spiro atoms. The Morgan fingerprint density at radius 1 is 1.00 bits per heavy atom. The molecule has 0 unspecified atom stereocenters. The molecule has 1 aliphatic carbocycles.